The maximum Gasteiger partial charge on any atom is 0.254 e. The molecule has 0 unspecified atom stereocenters. The van der Waals surface area contributed by atoms with E-state index in [2.05, 4.69) is 4.90 Å². The van der Waals surface area contributed by atoms with E-state index in [0.29, 0.717) is 12.5 Å². The van der Waals surface area contributed by atoms with Crippen molar-refractivity contribution in [1.82, 2.24) is 9.80 Å². The van der Waals surface area contributed by atoms with Crippen LogP contribution in [0.15, 0.2) is 54.6 Å². The van der Waals surface area contributed by atoms with Gasteiger partial charge in [-0.2, -0.15) is 0 Å². The highest BCUT2D eigenvalue weighted by molar-refractivity contribution is 5.98. The second-order valence-electron chi connectivity index (χ2n) is 7.35. The van der Waals surface area contributed by atoms with E-state index in [0.717, 1.165) is 55.7 Å². The van der Waals surface area contributed by atoms with Gasteiger partial charge in [-0.1, -0.05) is 48.5 Å². The SMILES string of the molecule is Cl.O=C(CN1CCC(CN2Cc3ccccc3C2=O)CC1)c1ccccc1. The van der Waals surface area contributed by atoms with Crippen LogP contribution in [0.1, 0.15) is 39.1 Å². The first-order chi connectivity index (χ1) is 12.7. The summed E-state index contributed by atoms with van der Waals surface area (Å²) in [5.74, 6) is 0.882. The zero-order valence-electron chi connectivity index (χ0n) is 15.3. The fourth-order valence-corrected chi connectivity index (χ4v) is 4.02. The van der Waals surface area contributed by atoms with Gasteiger partial charge in [-0.25, -0.2) is 0 Å². The van der Waals surface area contributed by atoms with Crippen molar-refractivity contribution in [2.24, 2.45) is 5.92 Å². The number of carbonyl (C=O) groups is 2. The number of amides is 1. The predicted octanol–water partition coefficient (Wildman–Crippen LogP) is 3.66. The highest BCUT2D eigenvalue weighted by atomic mass is 35.5. The minimum Gasteiger partial charge on any atom is -0.334 e. The molecule has 0 bridgehead atoms. The van der Waals surface area contributed by atoms with Crippen LogP contribution in [0.2, 0.25) is 0 Å². The van der Waals surface area contributed by atoms with Crippen molar-refractivity contribution in [3.8, 4) is 0 Å². The summed E-state index contributed by atoms with van der Waals surface area (Å²) in [4.78, 5) is 29.1. The number of fused-ring (bicyclic) bond motifs is 1. The molecule has 4 rings (SSSR count). The summed E-state index contributed by atoms with van der Waals surface area (Å²) < 4.78 is 0. The van der Waals surface area contributed by atoms with Crippen molar-refractivity contribution in [1.29, 1.82) is 0 Å². The predicted molar refractivity (Wildman–Crippen MR) is 108 cm³/mol. The Kier molecular flexibility index (Phi) is 6.30. The molecule has 2 aliphatic heterocycles. The number of benzene rings is 2. The van der Waals surface area contributed by atoms with Crippen LogP contribution in [0.3, 0.4) is 0 Å². The normalized spacial score (nSPS) is 17.5. The number of rotatable bonds is 5. The van der Waals surface area contributed by atoms with Gasteiger partial charge in [0, 0.05) is 24.2 Å². The molecule has 2 aliphatic rings. The summed E-state index contributed by atoms with van der Waals surface area (Å²) in [6.07, 6.45) is 2.09. The smallest absolute Gasteiger partial charge is 0.254 e. The maximum absolute atomic E-state index is 12.5. The van der Waals surface area contributed by atoms with Gasteiger partial charge in [0.1, 0.15) is 0 Å². The van der Waals surface area contributed by atoms with Crippen LogP contribution < -0.4 is 0 Å². The third-order valence-electron chi connectivity index (χ3n) is 5.54. The molecule has 0 N–H and O–H groups in total. The molecule has 0 aliphatic carbocycles. The monoisotopic (exact) mass is 384 g/mol. The molecule has 27 heavy (non-hydrogen) atoms. The van der Waals surface area contributed by atoms with Crippen molar-refractivity contribution >= 4 is 24.1 Å². The Morgan fingerprint density at radius 1 is 0.963 bits per heavy atom. The molecule has 1 fully saturated rings. The van der Waals surface area contributed by atoms with E-state index < -0.39 is 0 Å². The summed E-state index contributed by atoms with van der Waals surface area (Å²) in [6, 6.07) is 17.4. The fourth-order valence-electron chi connectivity index (χ4n) is 4.02. The van der Waals surface area contributed by atoms with E-state index in [4.69, 9.17) is 0 Å². The summed E-state index contributed by atoms with van der Waals surface area (Å²) in [5, 5.41) is 0. The molecule has 142 valence electrons. The Hall–Kier alpha value is -2.17. The quantitative estimate of drug-likeness (QED) is 0.738. The molecule has 1 saturated heterocycles. The van der Waals surface area contributed by atoms with Gasteiger partial charge in [0.05, 0.1) is 6.54 Å². The molecule has 0 atom stereocenters. The molecule has 0 saturated carbocycles. The van der Waals surface area contributed by atoms with Crippen molar-refractivity contribution < 1.29 is 9.59 Å². The summed E-state index contributed by atoms with van der Waals surface area (Å²) in [5.41, 5.74) is 2.79. The van der Waals surface area contributed by atoms with Crippen LogP contribution in [-0.4, -0.2) is 47.7 Å². The first-order valence-corrected chi connectivity index (χ1v) is 9.38. The van der Waals surface area contributed by atoms with Gasteiger partial charge >= 0.3 is 0 Å². The van der Waals surface area contributed by atoms with Gasteiger partial charge in [-0.05, 0) is 43.5 Å². The second kappa shape index (κ2) is 8.68. The number of ketones is 1. The van der Waals surface area contributed by atoms with E-state index in [1.807, 2.05) is 59.5 Å². The average Bonchev–Trinajstić information content (AvgIpc) is 3.00. The number of carbonyl (C=O) groups excluding carboxylic acids is 2. The van der Waals surface area contributed by atoms with Gasteiger partial charge in [0.25, 0.3) is 5.91 Å². The first kappa shape index (κ1) is 19.6. The summed E-state index contributed by atoms with van der Waals surface area (Å²) in [6.45, 7) is 3.91. The van der Waals surface area contributed by atoms with Crippen LogP contribution in [-0.2, 0) is 6.54 Å². The number of Topliss-reactive ketones (excluding diaryl/α,β-unsaturated/α-hetero) is 1. The second-order valence-corrected chi connectivity index (χ2v) is 7.35. The molecular formula is C22H25ClN2O2. The lowest BCUT2D eigenvalue weighted by Crippen LogP contribution is -2.40. The minimum atomic E-state index is 0. The third kappa shape index (κ3) is 4.40. The molecule has 2 heterocycles. The molecule has 1 amide bonds. The fraction of sp³-hybridized carbons (Fsp3) is 0.364. The summed E-state index contributed by atoms with van der Waals surface area (Å²) >= 11 is 0. The van der Waals surface area contributed by atoms with E-state index in [-0.39, 0.29) is 24.1 Å². The number of piperidine rings is 1. The molecule has 4 nitrogen and oxygen atoms in total. The number of likely N-dealkylation sites (tertiary alicyclic amines) is 1. The Labute approximate surface area is 166 Å². The van der Waals surface area contributed by atoms with Gasteiger partial charge < -0.3 is 4.90 Å². The first-order valence-electron chi connectivity index (χ1n) is 9.38. The standard InChI is InChI=1S/C22H24N2O2.ClH/c25-21(18-6-2-1-3-7-18)16-23-12-10-17(11-13-23)14-24-15-19-8-4-5-9-20(19)22(24)26;/h1-9,17H,10-16H2;1H. The molecule has 0 spiro atoms. The number of halogens is 1. The Balaban J connectivity index is 0.00000210. The molecule has 5 heteroatoms. The van der Waals surface area contributed by atoms with Gasteiger partial charge in [0.2, 0.25) is 0 Å². The van der Waals surface area contributed by atoms with Crippen LogP contribution in [0, 0.1) is 5.92 Å². The molecule has 0 radical (unpaired) electrons. The Bertz CT molecular complexity index is 801. The van der Waals surface area contributed by atoms with Gasteiger partial charge in [-0.15, -0.1) is 12.4 Å². The van der Waals surface area contributed by atoms with E-state index in [9.17, 15) is 9.59 Å². The Morgan fingerprint density at radius 3 is 2.33 bits per heavy atom. The zero-order valence-corrected chi connectivity index (χ0v) is 16.2. The highest BCUT2D eigenvalue weighted by Crippen LogP contribution is 2.26. The zero-order chi connectivity index (χ0) is 17.9. The van der Waals surface area contributed by atoms with Crippen LogP contribution in [0.25, 0.3) is 0 Å². The summed E-state index contributed by atoms with van der Waals surface area (Å²) in [7, 11) is 0. The topological polar surface area (TPSA) is 40.6 Å². The molecular weight excluding hydrogens is 360 g/mol. The van der Waals surface area contributed by atoms with E-state index in [1.165, 1.54) is 0 Å². The molecule has 0 aromatic heterocycles. The lowest BCUT2D eigenvalue weighted by atomic mass is 9.95. The van der Waals surface area contributed by atoms with Crippen molar-refractivity contribution in [2.45, 2.75) is 19.4 Å². The number of nitrogens with zero attached hydrogens (tertiary/aromatic N) is 2. The lowest BCUT2D eigenvalue weighted by Gasteiger charge is -2.33. The Morgan fingerprint density at radius 2 is 1.63 bits per heavy atom. The third-order valence-corrected chi connectivity index (χ3v) is 5.54. The average molecular weight is 385 g/mol. The number of hydrogen-bond donors (Lipinski definition) is 0. The number of hydrogen-bond acceptors (Lipinski definition) is 3. The van der Waals surface area contributed by atoms with E-state index >= 15 is 0 Å². The van der Waals surface area contributed by atoms with Gasteiger partial charge in [0.15, 0.2) is 5.78 Å². The molecule has 2 aromatic carbocycles. The van der Waals surface area contributed by atoms with Crippen LogP contribution in [0.5, 0.6) is 0 Å². The minimum absolute atomic E-state index is 0. The molecule has 2 aromatic rings. The van der Waals surface area contributed by atoms with Crippen molar-refractivity contribution in [3.63, 3.8) is 0 Å². The lowest BCUT2D eigenvalue weighted by molar-refractivity contribution is 0.0707. The van der Waals surface area contributed by atoms with Crippen molar-refractivity contribution in [2.75, 3.05) is 26.2 Å². The largest absolute Gasteiger partial charge is 0.334 e. The maximum atomic E-state index is 12.5. The van der Waals surface area contributed by atoms with Crippen molar-refractivity contribution in [3.05, 3.63) is 71.3 Å². The van der Waals surface area contributed by atoms with Gasteiger partial charge in [-0.3, -0.25) is 14.5 Å². The van der Waals surface area contributed by atoms with E-state index in [1.54, 1.807) is 0 Å². The van der Waals surface area contributed by atoms with Crippen LogP contribution >= 0.6 is 12.4 Å². The van der Waals surface area contributed by atoms with Crippen LogP contribution in [0.4, 0.5) is 0 Å². The highest BCUT2D eigenvalue weighted by Gasteiger charge is 2.30.